The Morgan fingerprint density at radius 1 is 1.29 bits per heavy atom. The fourth-order valence-corrected chi connectivity index (χ4v) is 1.98. The number of methoxy groups -OCH3 is 1. The Kier molecular flexibility index (Phi) is 4.11. The third-order valence-electron chi connectivity index (χ3n) is 3.15. The molecule has 0 unspecified atom stereocenters. The standard InChI is InChI=1S/C14H16FN3O3/c1-17-8-9(13(19)18(2)14(17)20)7-16-10-4-5-12(21-3)11(15)6-10/h4-6,8,16H,7H2,1-3H3. The molecule has 21 heavy (non-hydrogen) atoms. The van der Waals surface area contributed by atoms with E-state index in [1.807, 2.05) is 0 Å². The van der Waals surface area contributed by atoms with Gasteiger partial charge < -0.3 is 14.6 Å². The molecule has 0 bridgehead atoms. The molecule has 0 atom stereocenters. The van der Waals surface area contributed by atoms with Crippen molar-refractivity contribution in [3.63, 3.8) is 0 Å². The molecule has 0 aliphatic heterocycles. The van der Waals surface area contributed by atoms with Crippen LogP contribution in [0.2, 0.25) is 0 Å². The Hall–Kier alpha value is -2.57. The fourth-order valence-electron chi connectivity index (χ4n) is 1.98. The van der Waals surface area contributed by atoms with Crippen molar-refractivity contribution in [2.75, 3.05) is 12.4 Å². The van der Waals surface area contributed by atoms with E-state index in [2.05, 4.69) is 5.32 Å². The largest absolute Gasteiger partial charge is 0.494 e. The van der Waals surface area contributed by atoms with E-state index in [0.29, 0.717) is 11.3 Å². The van der Waals surface area contributed by atoms with Crippen LogP contribution in [0.15, 0.2) is 34.0 Å². The summed E-state index contributed by atoms with van der Waals surface area (Å²) >= 11 is 0. The predicted molar refractivity (Wildman–Crippen MR) is 77.2 cm³/mol. The van der Waals surface area contributed by atoms with Crippen molar-refractivity contribution in [3.8, 4) is 5.75 Å². The fraction of sp³-hybridized carbons (Fsp3) is 0.286. The average Bonchev–Trinajstić information content (AvgIpc) is 2.47. The van der Waals surface area contributed by atoms with Gasteiger partial charge in [0.1, 0.15) is 0 Å². The number of hydrogen-bond acceptors (Lipinski definition) is 4. The van der Waals surface area contributed by atoms with Gasteiger partial charge in [0.15, 0.2) is 11.6 Å². The molecule has 2 rings (SSSR count). The summed E-state index contributed by atoms with van der Waals surface area (Å²) in [6.07, 6.45) is 1.47. The molecule has 0 saturated heterocycles. The van der Waals surface area contributed by atoms with Crippen LogP contribution < -0.4 is 21.3 Å². The molecule has 7 heteroatoms. The van der Waals surface area contributed by atoms with Crippen LogP contribution in [-0.4, -0.2) is 16.2 Å². The number of aromatic nitrogens is 2. The highest BCUT2D eigenvalue weighted by molar-refractivity contribution is 5.47. The summed E-state index contributed by atoms with van der Waals surface area (Å²) in [4.78, 5) is 23.5. The van der Waals surface area contributed by atoms with Crippen LogP contribution in [-0.2, 0) is 20.6 Å². The summed E-state index contributed by atoms with van der Waals surface area (Å²) in [5.41, 5.74) is 0.166. The van der Waals surface area contributed by atoms with E-state index < -0.39 is 5.82 Å². The molecule has 2 aromatic rings. The predicted octanol–water partition coefficient (Wildman–Crippen LogP) is 0.844. The highest BCUT2D eigenvalue weighted by Gasteiger charge is 2.08. The van der Waals surface area contributed by atoms with Gasteiger partial charge in [-0.2, -0.15) is 0 Å². The highest BCUT2D eigenvalue weighted by atomic mass is 19.1. The molecular weight excluding hydrogens is 277 g/mol. The molecule has 0 amide bonds. The first kappa shape index (κ1) is 14.8. The van der Waals surface area contributed by atoms with Crippen LogP contribution in [0.5, 0.6) is 5.75 Å². The van der Waals surface area contributed by atoms with Crippen molar-refractivity contribution < 1.29 is 9.13 Å². The van der Waals surface area contributed by atoms with Gasteiger partial charge in [0, 0.05) is 38.6 Å². The van der Waals surface area contributed by atoms with Gasteiger partial charge in [-0.3, -0.25) is 9.36 Å². The van der Waals surface area contributed by atoms with Crippen LogP contribution >= 0.6 is 0 Å². The molecular formula is C14H16FN3O3. The molecule has 0 fully saturated rings. The first-order valence-corrected chi connectivity index (χ1v) is 6.27. The minimum Gasteiger partial charge on any atom is -0.494 e. The van der Waals surface area contributed by atoms with E-state index in [1.54, 1.807) is 13.1 Å². The topological polar surface area (TPSA) is 65.3 Å². The quantitative estimate of drug-likeness (QED) is 0.907. The smallest absolute Gasteiger partial charge is 0.330 e. The van der Waals surface area contributed by atoms with Gasteiger partial charge in [0.2, 0.25) is 0 Å². The lowest BCUT2D eigenvalue weighted by atomic mass is 10.2. The third kappa shape index (κ3) is 2.96. The monoisotopic (exact) mass is 293 g/mol. The van der Waals surface area contributed by atoms with Gasteiger partial charge in [-0.15, -0.1) is 0 Å². The van der Waals surface area contributed by atoms with Gasteiger partial charge in [0.25, 0.3) is 5.56 Å². The van der Waals surface area contributed by atoms with Crippen LogP contribution in [0.3, 0.4) is 0 Å². The van der Waals surface area contributed by atoms with Crippen LogP contribution in [0.25, 0.3) is 0 Å². The van der Waals surface area contributed by atoms with Crippen LogP contribution in [0, 0.1) is 5.82 Å². The number of halogens is 1. The zero-order valence-corrected chi connectivity index (χ0v) is 12.0. The zero-order chi connectivity index (χ0) is 15.6. The molecule has 0 saturated carbocycles. The first-order chi connectivity index (χ1) is 9.93. The maximum Gasteiger partial charge on any atom is 0.330 e. The number of ether oxygens (including phenoxy) is 1. The van der Waals surface area contributed by atoms with E-state index in [1.165, 1.54) is 37.1 Å². The van der Waals surface area contributed by atoms with E-state index >= 15 is 0 Å². The second kappa shape index (κ2) is 5.82. The Bertz CT molecular complexity index is 780. The zero-order valence-electron chi connectivity index (χ0n) is 12.0. The molecule has 0 aliphatic carbocycles. The van der Waals surface area contributed by atoms with E-state index in [0.717, 1.165) is 4.57 Å². The SMILES string of the molecule is COc1ccc(NCc2cn(C)c(=O)n(C)c2=O)cc1F. The van der Waals surface area contributed by atoms with Crippen LogP contribution in [0.4, 0.5) is 10.1 Å². The molecule has 6 nitrogen and oxygen atoms in total. The summed E-state index contributed by atoms with van der Waals surface area (Å²) in [6.45, 7) is 0.187. The minimum atomic E-state index is -0.490. The Morgan fingerprint density at radius 3 is 2.62 bits per heavy atom. The number of hydrogen-bond donors (Lipinski definition) is 1. The van der Waals surface area contributed by atoms with Gasteiger partial charge in [-0.1, -0.05) is 0 Å². The van der Waals surface area contributed by atoms with E-state index in [-0.39, 0.29) is 23.5 Å². The number of aryl methyl sites for hydroxylation is 1. The Morgan fingerprint density at radius 2 is 2.00 bits per heavy atom. The normalized spacial score (nSPS) is 10.5. The molecule has 0 aliphatic rings. The van der Waals surface area contributed by atoms with Gasteiger partial charge in [-0.25, -0.2) is 9.18 Å². The minimum absolute atomic E-state index is 0.151. The molecule has 1 aromatic heterocycles. The number of nitrogens with zero attached hydrogens (tertiary/aromatic N) is 2. The second-order valence-electron chi connectivity index (χ2n) is 4.61. The van der Waals surface area contributed by atoms with Crippen LogP contribution in [0.1, 0.15) is 5.56 Å². The first-order valence-electron chi connectivity index (χ1n) is 6.27. The summed E-state index contributed by atoms with van der Waals surface area (Å²) in [5, 5.41) is 2.94. The summed E-state index contributed by atoms with van der Waals surface area (Å²) in [5.74, 6) is -0.338. The molecule has 1 N–H and O–H groups in total. The molecule has 1 heterocycles. The second-order valence-corrected chi connectivity index (χ2v) is 4.61. The Balaban J connectivity index is 2.23. The number of anilines is 1. The van der Waals surface area contributed by atoms with Gasteiger partial charge in [-0.05, 0) is 12.1 Å². The summed E-state index contributed by atoms with van der Waals surface area (Å²) in [6, 6.07) is 4.43. The van der Waals surface area contributed by atoms with Gasteiger partial charge in [0.05, 0.1) is 12.7 Å². The number of rotatable bonds is 4. The van der Waals surface area contributed by atoms with Crippen molar-refractivity contribution >= 4 is 5.69 Å². The number of nitrogens with one attached hydrogen (secondary N) is 1. The van der Waals surface area contributed by atoms with Crippen molar-refractivity contribution in [2.45, 2.75) is 6.54 Å². The molecule has 0 radical (unpaired) electrons. The van der Waals surface area contributed by atoms with Crippen molar-refractivity contribution in [2.24, 2.45) is 14.1 Å². The lowest BCUT2D eigenvalue weighted by molar-refractivity contribution is 0.386. The lowest BCUT2D eigenvalue weighted by Gasteiger charge is -2.10. The third-order valence-corrected chi connectivity index (χ3v) is 3.15. The molecule has 1 aromatic carbocycles. The maximum absolute atomic E-state index is 13.6. The maximum atomic E-state index is 13.6. The van der Waals surface area contributed by atoms with E-state index in [4.69, 9.17) is 4.74 Å². The van der Waals surface area contributed by atoms with Crippen molar-refractivity contribution in [1.29, 1.82) is 0 Å². The van der Waals surface area contributed by atoms with Gasteiger partial charge >= 0.3 is 5.69 Å². The van der Waals surface area contributed by atoms with Crippen molar-refractivity contribution in [1.82, 2.24) is 9.13 Å². The summed E-state index contributed by atoms with van der Waals surface area (Å²) in [7, 11) is 4.37. The average molecular weight is 293 g/mol. The summed E-state index contributed by atoms with van der Waals surface area (Å²) < 4.78 is 20.8. The molecule has 112 valence electrons. The lowest BCUT2D eigenvalue weighted by Crippen LogP contribution is -2.38. The van der Waals surface area contributed by atoms with Crippen molar-refractivity contribution in [3.05, 3.63) is 56.6 Å². The Labute approximate surface area is 120 Å². The van der Waals surface area contributed by atoms with E-state index in [9.17, 15) is 14.0 Å². The highest BCUT2D eigenvalue weighted by Crippen LogP contribution is 2.20. The number of benzene rings is 1. The molecule has 0 spiro atoms.